The third-order valence-corrected chi connectivity index (χ3v) is 3.39. The van der Waals surface area contributed by atoms with E-state index in [1.54, 1.807) is 6.07 Å². The molecule has 0 radical (unpaired) electrons. The van der Waals surface area contributed by atoms with Crippen molar-refractivity contribution in [1.82, 2.24) is 4.57 Å². The van der Waals surface area contributed by atoms with Gasteiger partial charge in [0.25, 0.3) is 0 Å². The summed E-state index contributed by atoms with van der Waals surface area (Å²) in [6, 6.07) is 8.34. The van der Waals surface area contributed by atoms with E-state index in [-0.39, 0.29) is 5.82 Å². The summed E-state index contributed by atoms with van der Waals surface area (Å²) >= 11 is 0. The van der Waals surface area contributed by atoms with Crippen molar-refractivity contribution in [2.75, 3.05) is 12.4 Å². The van der Waals surface area contributed by atoms with Gasteiger partial charge in [0.1, 0.15) is 23.3 Å². The number of nitriles is 1. The SMILES string of the molecule is COc1cc(F)ccc1NCc1cc(C#N)n(C)c1C. The maximum absolute atomic E-state index is 13.1. The number of anilines is 1. The maximum atomic E-state index is 13.1. The minimum Gasteiger partial charge on any atom is -0.494 e. The van der Waals surface area contributed by atoms with Gasteiger partial charge in [0, 0.05) is 25.4 Å². The van der Waals surface area contributed by atoms with E-state index in [1.165, 1.54) is 19.2 Å². The zero-order valence-corrected chi connectivity index (χ0v) is 11.7. The number of halogens is 1. The molecule has 0 saturated carbocycles. The molecule has 0 aliphatic heterocycles. The molecule has 0 bridgehead atoms. The molecule has 0 amide bonds. The fourth-order valence-electron chi connectivity index (χ4n) is 2.05. The molecule has 0 aliphatic carbocycles. The minimum atomic E-state index is -0.338. The summed E-state index contributed by atoms with van der Waals surface area (Å²) < 4.78 is 20.1. The van der Waals surface area contributed by atoms with E-state index in [9.17, 15) is 4.39 Å². The Hall–Kier alpha value is -2.48. The fourth-order valence-corrected chi connectivity index (χ4v) is 2.05. The molecule has 1 N–H and O–H groups in total. The number of nitrogens with zero attached hydrogens (tertiary/aromatic N) is 2. The van der Waals surface area contributed by atoms with Gasteiger partial charge in [0.15, 0.2) is 0 Å². The van der Waals surface area contributed by atoms with Crippen molar-refractivity contribution in [3.8, 4) is 11.8 Å². The van der Waals surface area contributed by atoms with Crippen LogP contribution in [-0.4, -0.2) is 11.7 Å². The molecule has 5 heteroatoms. The van der Waals surface area contributed by atoms with Crippen LogP contribution in [-0.2, 0) is 13.6 Å². The van der Waals surface area contributed by atoms with Crippen LogP contribution < -0.4 is 10.1 Å². The van der Waals surface area contributed by atoms with Crippen LogP contribution in [0.5, 0.6) is 5.75 Å². The molecule has 2 rings (SSSR count). The first-order chi connectivity index (χ1) is 9.56. The topological polar surface area (TPSA) is 50.0 Å². The molecule has 1 heterocycles. The van der Waals surface area contributed by atoms with Gasteiger partial charge in [-0.05, 0) is 30.7 Å². The van der Waals surface area contributed by atoms with Crippen molar-refractivity contribution in [2.45, 2.75) is 13.5 Å². The van der Waals surface area contributed by atoms with Crippen molar-refractivity contribution in [3.63, 3.8) is 0 Å². The lowest BCUT2D eigenvalue weighted by Gasteiger charge is -2.11. The van der Waals surface area contributed by atoms with Gasteiger partial charge < -0.3 is 14.6 Å². The lowest BCUT2D eigenvalue weighted by atomic mass is 10.2. The number of hydrogen-bond acceptors (Lipinski definition) is 3. The van der Waals surface area contributed by atoms with Crippen LogP contribution in [0.15, 0.2) is 24.3 Å². The number of nitrogens with one attached hydrogen (secondary N) is 1. The first-order valence-electron chi connectivity index (χ1n) is 6.19. The van der Waals surface area contributed by atoms with Gasteiger partial charge in [-0.1, -0.05) is 0 Å². The van der Waals surface area contributed by atoms with E-state index in [0.29, 0.717) is 18.0 Å². The number of aromatic nitrogens is 1. The highest BCUT2D eigenvalue weighted by molar-refractivity contribution is 5.56. The highest BCUT2D eigenvalue weighted by Gasteiger charge is 2.10. The van der Waals surface area contributed by atoms with Gasteiger partial charge in [-0.15, -0.1) is 0 Å². The Balaban J connectivity index is 2.19. The van der Waals surface area contributed by atoms with Crippen molar-refractivity contribution in [2.24, 2.45) is 7.05 Å². The number of rotatable bonds is 4. The summed E-state index contributed by atoms with van der Waals surface area (Å²) in [5, 5.41) is 12.2. The van der Waals surface area contributed by atoms with Gasteiger partial charge in [-0.2, -0.15) is 5.26 Å². The second-order valence-electron chi connectivity index (χ2n) is 4.51. The number of benzene rings is 1. The Kier molecular flexibility index (Phi) is 3.94. The van der Waals surface area contributed by atoms with E-state index in [1.807, 2.05) is 24.6 Å². The summed E-state index contributed by atoms with van der Waals surface area (Å²) in [6.07, 6.45) is 0. The molecule has 20 heavy (non-hydrogen) atoms. The largest absolute Gasteiger partial charge is 0.494 e. The summed E-state index contributed by atoms with van der Waals surface area (Å²) in [7, 11) is 3.36. The number of ether oxygens (including phenoxy) is 1. The Morgan fingerprint density at radius 3 is 2.75 bits per heavy atom. The van der Waals surface area contributed by atoms with Crippen LogP contribution in [0.25, 0.3) is 0 Å². The van der Waals surface area contributed by atoms with Gasteiger partial charge in [-0.3, -0.25) is 0 Å². The maximum Gasteiger partial charge on any atom is 0.144 e. The monoisotopic (exact) mass is 273 g/mol. The average Bonchev–Trinajstić information content (AvgIpc) is 2.73. The smallest absolute Gasteiger partial charge is 0.144 e. The molecule has 0 atom stereocenters. The van der Waals surface area contributed by atoms with Crippen molar-refractivity contribution >= 4 is 5.69 Å². The Morgan fingerprint density at radius 1 is 1.40 bits per heavy atom. The summed E-state index contributed by atoms with van der Waals surface area (Å²) in [6.45, 7) is 2.50. The standard InChI is InChI=1S/C15H16FN3O/c1-10-11(6-13(8-17)19(10)2)9-18-14-5-4-12(16)7-15(14)20-3/h4-7,18H,9H2,1-3H3. The first kappa shape index (κ1) is 13.9. The summed E-state index contributed by atoms with van der Waals surface area (Å²) in [4.78, 5) is 0. The van der Waals surface area contributed by atoms with Crippen LogP contribution in [0.4, 0.5) is 10.1 Å². The lowest BCUT2D eigenvalue weighted by Crippen LogP contribution is -2.03. The van der Waals surface area contributed by atoms with E-state index in [2.05, 4.69) is 11.4 Å². The van der Waals surface area contributed by atoms with Crippen molar-refractivity contribution in [1.29, 1.82) is 5.26 Å². The molecule has 0 spiro atoms. The van der Waals surface area contributed by atoms with Crippen molar-refractivity contribution in [3.05, 3.63) is 47.0 Å². The molecule has 1 aromatic heterocycles. The Labute approximate surface area is 117 Å². The molecule has 0 fully saturated rings. The van der Waals surface area contributed by atoms with E-state index in [4.69, 9.17) is 10.00 Å². The Bertz CT molecular complexity index is 670. The zero-order valence-electron chi connectivity index (χ0n) is 11.7. The predicted molar refractivity (Wildman–Crippen MR) is 75.1 cm³/mol. The third kappa shape index (κ3) is 2.59. The second-order valence-corrected chi connectivity index (χ2v) is 4.51. The van der Waals surface area contributed by atoms with E-state index in [0.717, 1.165) is 16.9 Å². The van der Waals surface area contributed by atoms with Crippen LogP contribution in [0.2, 0.25) is 0 Å². The molecule has 104 valence electrons. The molecule has 0 unspecified atom stereocenters. The quantitative estimate of drug-likeness (QED) is 0.931. The van der Waals surface area contributed by atoms with Gasteiger partial charge in [0.2, 0.25) is 0 Å². The summed E-state index contributed by atoms with van der Waals surface area (Å²) in [5.74, 6) is 0.120. The van der Waals surface area contributed by atoms with E-state index >= 15 is 0 Å². The zero-order chi connectivity index (χ0) is 14.7. The number of hydrogen-bond donors (Lipinski definition) is 1. The van der Waals surface area contributed by atoms with Gasteiger partial charge >= 0.3 is 0 Å². The highest BCUT2D eigenvalue weighted by atomic mass is 19.1. The average molecular weight is 273 g/mol. The lowest BCUT2D eigenvalue weighted by molar-refractivity contribution is 0.413. The molecule has 1 aromatic carbocycles. The van der Waals surface area contributed by atoms with Gasteiger partial charge in [-0.25, -0.2) is 4.39 Å². The first-order valence-corrected chi connectivity index (χ1v) is 6.19. The minimum absolute atomic E-state index is 0.338. The van der Waals surface area contributed by atoms with Crippen molar-refractivity contribution < 1.29 is 9.13 Å². The predicted octanol–water partition coefficient (Wildman–Crippen LogP) is 2.97. The van der Waals surface area contributed by atoms with Crippen LogP contribution >= 0.6 is 0 Å². The normalized spacial score (nSPS) is 10.2. The second kappa shape index (κ2) is 5.66. The highest BCUT2D eigenvalue weighted by Crippen LogP contribution is 2.26. The Morgan fingerprint density at radius 2 is 2.15 bits per heavy atom. The molecule has 4 nitrogen and oxygen atoms in total. The molecule has 0 saturated heterocycles. The number of methoxy groups -OCH3 is 1. The van der Waals surface area contributed by atoms with Crippen LogP contribution in [0.3, 0.4) is 0 Å². The summed E-state index contributed by atoms with van der Waals surface area (Å²) in [5.41, 5.74) is 3.38. The van der Waals surface area contributed by atoms with Gasteiger partial charge in [0.05, 0.1) is 12.8 Å². The van der Waals surface area contributed by atoms with Crippen LogP contribution in [0, 0.1) is 24.1 Å². The molecule has 0 aliphatic rings. The van der Waals surface area contributed by atoms with Crippen LogP contribution in [0.1, 0.15) is 17.0 Å². The molecular weight excluding hydrogens is 257 g/mol. The third-order valence-electron chi connectivity index (χ3n) is 3.39. The fraction of sp³-hybridized carbons (Fsp3) is 0.267. The van der Waals surface area contributed by atoms with E-state index < -0.39 is 0 Å². The molecule has 2 aromatic rings. The molecular formula is C15H16FN3O.